The van der Waals surface area contributed by atoms with E-state index in [-0.39, 0.29) is 0 Å². The molecule has 0 saturated carbocycles. The van der Waals surface area contributed by atoms with Crippen molar-refractivity contribution in [2.45, 2.75) is 44.9 Å². The molecule has 82 valence electrons. The van der Waals surface area contributed by atoms with E-state index in [0.29, 0.717) is 11.3 Å². The summed E-state index contributed by atoms with van der Waals surface area (Å²) in [5, 5.41) is 0. The van der Waals surface area contributed by atoms with Crippen molar-refractivity contribution in [2.75, 3.05) is 6.54 Å². The molecule has 1 atom stereocenters. The van der Waals surface area contributed by atoms with E-state index in [2.05, 4.69) is 39.0 Å². The molecule has 0 aliphatic heterocycles. The largest absolute Gasteiger partial charge is 0.330 e. The smallest absolute Gasteiger partial charge is 0.000812 e. The van der Waals surface area contributed by atoms with E-state index >= 15 is 0 Å². The van der Waals surface area contributed by atoms with Crippen molar-refractivity contribution in [3.8, 4) is 0 Å². The maximum Gasteiger partial charge on any atom is -0.000812 e. The Morgan fingerprint density at radius 1 is 1.40 bits per heavy atom. The Hall–Kier alpha value is -0.820. The second-order valence-corrected chi connectivity index (χ2v) is 5.45. The Morgan fingerprint density at radius 3 is 2.80 bits per heavy atom. The van der Waals surface area contributed by atoms with Gasteiger partial charge in [-0.05, 0) is 48.8 Å². The first kappa shape index (κ1) is 10.7. The van der Waals surface area contributed by atoms with Crippen LogP contribution in [0.2, 0.25) is 0 Å². The second kappa shape index (κ2) is 3.64. The zero-order chi connectivity index (χ0) is 11.1. The van der Waals surface area contributed by atoms with Crippen LogP contribution in [0.25, 0.3) is 0 Å². The topological polar surface area (TPSA) is 26.0 Å². The highest BCUT2D eigenvalue weighted by atomic mass is 14.6. The van der Waals surface area contributed by atoms with Crippen LogP contribution >= 0.6 is 0 Å². The minimum atomic E-state index is 0.328. The molecule has 0 aromatic heterocycles. The highest BCUT2D eigenvalue weighted by Crippen LogP contribution is 2.42. The first-order valence-corrected chi connectivity index (χ1v) is 5.86. The fourth-order valence-corrected chi connectivity index (χ4v) is 2.71. The van der Waals surface area contributed by atoms with E-state index in [1.807, 2.05) is 0 Å². The van der Waals surface area contributed by atoms with Crippen LogP contribution in [0.1, 0.15) is 49.3 Å². The average molecular weight is 203 g/mol. The van der Waals surface area contributed by atoms with Gasteiger partial charge in [-0.3, -0.25) is 0 Å². The summed E-state index contributed by atoms with van der Waals surface area (Å²) in [7, 11) is 0. The highest BCUT2D eigenvalue weighted by Gasteiger charge is 2.31. The van der Waals surface area contributed by atoms with Gasteiger partial charge in [0.15, 0.2) is 0 Å². The zero-order valence-electron chi connectivity index (χ0n) is 10.0. The van der Waals surface area contributed by atoms with Crippen LogP contribution in [0.15, 0.2) is 18.2 Å². The number of benzene rings is 1. The second-order valence-electron chi connectivity index (χ2n) is 5.45. The minimum absolute atomic E-state index is 0.328. The van der Waals surface area contributed by atoms with Gasteiger partial charge in [0.1, 0.15) is 0 Å². The molecule has 0 saturated heterocycles. The Bertz CT molecular complexity index is 366. The average Bonchev–Trinajstić information content (AvgIpc) is 2.17. The van der Waals surface area contributed by atoms with Gasteiger partial charge < -0.3 is 5.73 Å². The summed E-state index contributed by atoms with van der Waals surface area (Å²) in [6.07, 6.45) is 2.49. The number of nitrogens with two attached hydrogens (primary N) is 1. The van der Waals surface area contributed by atoms with Crippen LogP contribution in [0.5, 0.6) is 0 Å². The third kappa shape index (κ3) is 1.81. The summed E-state index contributed by atoms with van der Waals surface area (Å²) >= 11 is 0. The van der Waals surface area contributed by atoms with Gasteiger partial charge in [0.2, 0.25) is 0 Å². The van der Waals surface area contributed by atoms with Crippen molar-refractivity contribution >= 4 is 0 Å². The van der Waals surface area contributed by atoms with Crippen LogP contribution in [0.3, 0.4) is 0 Å². The molecule has 0 spiro atoms. The number of hydrogen-bond donors (Lipinski definition) is 1. The van der Waals surface area contributed by atoms with Crippen LogP contribution in [0, 0.1) is 6.92 Å². The summed E-state index contributed by atoms with van der Waals surface area (Å²) in [6.45, 7) is 7.63. The standard InChI is InChI=1S/C14H21N/c1-10-4-5-13-12(8-10)11(9-15)6-7-14(13,2)3/h4-5,8,11H,6-7,9,15H2,1-3H3. The summed E-state index contributed by atoms with van der Waals surface area (Å²) in [6, 6.07) is 6.85. The maximum atomic E-state index is 5.86. The molecule has 0 heterocycles. The lowest BCUT2D eigenvalue weighted by molar-refractivity contribution is 0.394. The van der Waals surface area contributed by atoms with Crippen molar-refractivity contribution < 1.29 is 0 Å². The predicted octanol–water partition coefficient (Wildman–Crippen LogP) is 3.11. The van der Waals surface area contributed by atoms with Crippen molar-refractivity contribution in [1.29, 1.82) is 0 Å². The van der Waals surface area contributed by atoms with Gasteiger partial charge in [-0.25, -0.2) is 0 Å². The Kier molecular flexibility index (Phi) is 2.59. The lowest BCUT2D eigenvalue weighted by atomic mass is 9.68. The van der Waals surface area contributed by atoms with Crippen LogP contribution in [0.4, 0.5) is 0 Å². The fraction of sp³-hybridized carbons (Fsp3) is 0.571. The Balaban J connectivity index is 2.53. The van der Waals surface area contributed by atoms with Crippen LogP contribution < -0.4 is 5.73 Å². The first-order valence-electron chi connectivity index (χ1n) is 5.86. The van der Waals surface area contributed by atoms with Gasteiger partial charge in [-0.1, -0.05) is 37.6 Å². The number of hydrogen-bond acceptors (Lipinski definition) is 1. The molecule has 0 amide bonds. The van der Waals surface area contributed by atoms with Crippen LogP contribution in [-0.2, 0) is 5.41 Å². The summed E-state index contributed by atoms with van der Waals surface area (Å²) < 4.78 is 0. The third-order valence-corrected chi connectivity index (χ3v) is 3.78. The lowest BCUT2D eigenvalue weighted by Crippen LogP contribution is -2.29. The van der Waals surface area contributed by atoms with Gasteiger partial charge in [0, 0.05) is 0 Å². The van der Waals surface area contributed by atoms with Crippen molar-refractivity contribution in [1.82, 2.24) is 0 Å². The van der Waals surface area contributed by atoms with E-state index in [0.717, 1.165) is 6.54 Å². The molecule has 2 N–H and O–H groups in total. The van der Waals surface area contributed by atoms with Crippen molar-refractivity contribution in [3.63, 3.8) is 0 Å². The molecule has 0 radical (unpaired) electrons. The van der Waals surface area contributed by atoms with E-state index in [4.69, 9.17) is 5.73 Å². The number of rotatable bonds is 1. The molecule has 1 aliphatic carbocycles. The van der Waals surface area contributed by atoms with Crippen molar-refractivity contribution in [2.24, 2.45) is 5.73 Å². The Labute approximate surface area is 92.7 Å². The van der Waals surface area contributed by atoms with Gasteiger partial charge in [0.25, 0.3) is 0 Å². The van der Waals surface area contributed by atoms with E-state index in [9.17, 15) is 0 Å². The number of fused-ring (bicyclic) bond motifs is 1. The van der Waals surface area contributed by atoms with E-state index < -0.39 is 0 Å². The molecule has 15 heavy (non-hydrogen) atoms. The molecule has 1 aromatic rings. The SMILES string of the molecule is Cc1ccc2c(c1)C(CN)CCC2(C)C. The summed E-state index contributed by atoms with van der Waals surface area (Å²) in [4.78, 5) is 0. The molecule has 0 fully saturated rings. The molecule has 1 heteroatoms. The fourth-order valence-electron chi connectivity index (χ4n) is 2.71. The highest BCUT2D eigenvalue weighted by molar-refractivity contribution is 5.41. The molecule has 2 rings (SSSR count). The molecule has 1 aliphatic rings. The molecule has 1 nitrogen and oxygen atoms in total. The Morgan fingerprint density at radius 2 is 2.13 bits per heavy atom. The summed E-state index contributed by atoms with van der Waals surface area (Å²) in [5.74, 6) is 0.577. The predicted molar refractivity (Wildman–Crippen MR) is 65.2 cm³/mol. The zero-order valence-corrected chi connectivity index (χ0v) is 10.0. The van der Waals surface area contributed by atoms with E-state index in [1.54, 1.807) is 0 Å². The molecule has 1 aromatic carbocycles. The normalized spacial score (nSPS) is 23.6. The molecular formula is C14H21N. The lowest BCUT2D eigenvalue weighted by Gasteiger charge is -2.37. The quantitative estimate of drug-likeness (QED) is 0.745. The maximum absolute atomic E-state index is 5.86. The van der Waals surface area contributed by atoms with Gasteiger partial charge in [-0.15, -0.1) is 0 Å². The van der Waals surface area contributed by atoms with Gasteiger partial charge >= 0.3 is 0 Å². The van der Waals surface area contributed by atoms with Gasteiger partial charge in [0.05, 0.1) is 0 Å². The van der Waals surface area contributed by atoms with Gasteiger partial charge in [-0.2, -0.15) is 0 Å². The first-order chi connectivity index (χ1) is 7.04. The van der Waals surface area contributed by atoms with Crippen molar-refractivity contribution in [3.05, 3.63) is 34.9 Å². The van der Waals surface area contributed by atoms with Crippen LogP contribution in [-0.4, -0.2) is 6.54 Å². The monoisotopic (exact) mass is 203 g/mol. The number of aryl methyl sites for hydroxylation is 1. The molecule has 1 unspecified atom stereocenters. The molecular weight excluding hydrogens is 182 g/mol. The third-order valence-electron chi connectivity index (χ3n) is 3.78. The summed E-state index contributed by atoms with van der Waals surface area (Å²) in [5.41, 5.74) is 10.5. The minimum Gasteiger partial charge on any atom is -0.330 e. The molecule has 0 bridgehead atoms. The van der Waals surface area contributed by atoms with E-state index in [1.165, 1.54) is 29.5 Å².